The number of carbonyl (C=O) groups excluding carboxylic acids is 1. The Balaban J connectivity index is 1.54. The number of hydrogen-bond acceptors (Lipinski definition) is 4. The third-order valence-electron chi connectivity index (χ3n) is 5.53. The minimum absolute atomic E-state index is 0.110. The van der Waals surface area contributed by atoms with Gasteiger partial charge in [-0.15, -0.1) is 0 Å². The van der Waals surface area contributed by atoms with Crippen LogP contribution in [0.2, 0.25) is 0 Å². The highest BCUT2D eigenvalue weighted by Gasteiger charge is 2.21. The van der Waals surface area contributed by atoms with Crippen molar-refractivity contribution in [2.45, 2.75) is 20.8 Å². The first-order valence-corrected chi connectivity index (χ1v) is 10.5. The molecule has 160 valence electrons. The van der Waals surface area contributed by atoms with Crippen LogP contribution in [0, 0.1) is 12.7 Å². The van der Waals surface area contributed by atoms with Gasteiger partial charge in [-0.3, -0.25) is 4.79 Å². The fourth-order valence-electron chi connectivity index (χ4n) is 3.51. The van der Waals surface area contributed by atoms with Crippen molar-refractivity contribution in [1.29, 1.82) is 0 Å². The van der Waals surface area contributed by atoms with Gasteiger partial charge in [-0.1, -0.05) is 23.8 Å². The van der Waals surface area contributed by atoms with Crippen molar-refractivity contribution in [3.05, 3.63) is 59.4 Å². The summed E-state index contributed by atoms with van der Waals surface area (Å²) < 4.78 is 14.7. The van der Waals surface area contributed by atoms with Crippen LogP contribution in [0.4, 0.5) is 15.8 Å². The molecule has 0 spiro atoms. The van der Waals surface area contributed by atoms with E-state index in [1.807, 2.05) is 37.3 Å². The standard InChI is InChI=1S/C23H30FN5O/c1-4-28-11-13-29(14-12-28)22-10-7-19(15-21(22)24)18(3)26-27-23(30)16-25-20-8-5-17(2)6-9-20/h5-10,15,25H,4,11-14,16H2,1-3H3,(H,27,30)/p+1/b26-18-. The smallest absolute Gasteiger partial charge is 0.259 e. The molecule has 0 saturated carbocycles. The van der Waals surface area contributed by atoms with Gasteiger partial charge in [-0.05, 0) is 45.0 Å². The van der Waals surface area contributed by atoms with E-state index >= 15 is 0 Å². The first-order valence-electron chi connectivity index (χ1n) is 10.5. The Bertz CT molecular complexity index is 889. The number of quaternary nitrogens is 1. The number of hydrogen-bond donors (Lipinski definition) is 3. The molecular formula is C23H31FN5O+. The van der Waals surface area contributed by atoms with Crippen LogP contribution in [0.5, 0.6) is 0 Å². The molecule has 0 aliphatic carbocycles. The van der Waals surface area contributed by atoms with Crippen molar-refractivity contribution in [3.63, 3.8) is 0 Å². The molecule has 0 bridgehead atoms. The van der Waals surface area contributed by atoms with Crippen molar-refractivity contribution in [3.8, 4) is 0 Å². The van der Waals surface area contributed by atoms with Crippen molar-refractivity contribution in [2.75, 3.05) is 49.5 Å². The van der Waals surface area contributed by atoms with Gasteiger partial charge in [0.1, 0.15) is 5.82 Å². The number of benzene rings is 2. The number of piperazine rings is 1. The van der Waals surface area contributed by atoms with Gasteiger partial charge in [-0.2, -0.15) is 5.10 Å². The second kappa shape index (κ2) is 10.2. The molecule has 1 aliphatic rings. The first-order chi connectivity index (χ1) is 14.5. The summed E-state index contributed by atoms with van der Waals surface area (Å²) in [6, 6.07) is 12.9. The van der Waals surface area contributed by atoms with Gasteiger partial charge in [0, 0.05) is 11.3 Å². The van der Waals surface area contributed by atoms with Crippen molar-refractivity contribution in [2.24, 2.45) is 5.10 Å². The Morgan fingerprint density at radius 1 is 1.17 bits per heavy atom. The summed E-state index contributed by atoms with van der Waals surface area (Å²) >= 11 is 0. The SMILES string of the molecule is CC[NH+]1CCN(c2ccc(/C(C)=N\NC(=O)CNc3ccc(C)cc3)cc2F)CC1. The zero-order chi connectivity index (χ0) is 21.5. The highest BCUT2D eigenvalue weighted by atomic mass is 19.1. The van der Waals surface area contributed by atoms with Crippen LogP contribution in [-0.2, 0) is 4.79 Å². The molecule has 6 nitrogen and oxygen atoms in total. The van der Waals surface area contributed by atoms with E-state index in [0.717, 1.165) is 44.0 Å². The Morgan fingerprint density at radius 3 is 2.50 bits per heavy atom. The van der Waals surface area contributed by atoms with Gasteiger partial charge < -0.3 is 15.1 Å². The van der Waals surface area contributed by atoms with E-state index in [0.29, 0.717) is 17.0 Å². The number of aryl methyl sites for hydroxylation is 1. The summed E-state index contributed by atoms with van der Waals surface area (Å²) in [6.45, 7) is 10.9. The van der Waals surface area contributed by atoms with E-state index in [1.54, 1.807) is 17.9 Å². The Labute approximate surface area is 177 Å². The van der Waals surface area contributed by atoms with E-state index in [1.165, 1.54) is 6.07 Å². The molecule has 1 saturated heterocycles. The summed E-state index contributed by atoms with van der Waals surface area (Å²) in [5.41, 5.74) is 6.40. The van der Waals surface area contributed by atoms with Crippen LogP contribution in [0.15, 0.2) is 47.6 Å². The summed E-state index contributed by atoms with van der Waals surface area (Å²) in [5.74, 6) is -0.516. The molecule has 1 heterocycles. The van der Waals surface area contributed by atoms with Crippen LogP contribution in [0.1, 0.15) is 25.0 Å². The minimum atomic E-state index is -0.261. The van der Waals surface area contributed by atoms with E-state index in [9.17, 15) is 9.18 Å². The maximum absolute atomic E-state index is 14.7. The second-order valence-electron chi connectivity index (χ2n) is 7.71. The molecule has 1 aliphatic heterocycles. The van der Waals surface area contributed by atoms with Crippen LogP contribution < -0.4 is 20.5 Å². The lowest BCUT2D eigenvalue weighted by molar-refractivity contribution is -0.898. The quantitative estimate of drug-likeness (QED) is 0.480. The largest absolute Gasteiger partial charge is 0.376 e. The van der Waals surface area contributed by atoms with Gasteiger partial charge >= 0.3 is 0 Å². The Hall–Kier alpha value is -2.93. The van der Waals surface area contributed by atoms with Gasteiger partial charge in [0.05, 0.1) is 50.7 Å². The number of halogens is 1. The Morgan fingerprint density at radius 2 is 1.87 bits per heavy atom. The van der Waals surface area contributed by atoms with Gasteiger partial charge in [0.2, 0.25) is 0 Å². The molecule has 3 rings (SSSR count). The molecule has 0 radical (unpaired) electrons. The number of rotatable bonds is 7. The summed E-state index contributed by atoms with van der Waals surface area (Å²) in [6.07, 6.45) is 0. The van der Waals surface area contributed by atoms with Crippen molar-refractivity contribution in [1.82, 2.24) is 5.43 Å². The average molecular weight is 413 g/mol. The minimum Gasteiger partial charge on any atom is -0.376 e. The maximum atomic E-state index is 14.7. The van der Waals surface area contributed by atoms with Crippen molar-refractivity contribution < 1.29 is 14.1 Å². The third kappa shape index (κ3) is 5.79. The van der Waals surface area contributed by atoms with Gasteiger partial charge in [0.15, 0.2) is 0 Å². The summed E-state index contributed by atoms with van der Waals surface area (Å²) in [4.78, 5) is 15.7. The summed E-state index contributed by atoms with van der Waals surface area (Å²) in [5, 5.41) is 7.17. The van der Waals surface area contributed by atoms with E-state index in [-0.39, 0.29) is 18.3 Å². The van der Waals surface area contributed by atoms with Gasteiger partial charge in [-0.25, -0.2) is 9.82 Å². The van der Waals surface area contributed by atoms with Gasteiger partial charge in [0.25, 0.3) is 5.91 Å². The number of carbonyl (C=O) groups is 1. The molecule has 2 aromatic rings. The molecule has 7 heteroatoms. The number of likely N-dealkylation sites (N-methyl/N-ethyl adjacent to an activating group) is 1. The Kier molecular flexibility index (Phi) is 7.41. The topological polar surface area (TPSA) is 61.2 Å². The summed E-state index contributed by atoms with van der Waals surface area (Å²) in [7, 11) is 0. The predicted octanol–water partition coefficient (Wildman–Crippen LogP) is 1.81. The zero-order valence-corrected chi connectivity index (χ0v) is 18.0. The predicted molar refractivity (Wildman–Crippen MR) is 120 cm³/mol. The third-order valence-corrected chi connectivity index (χ3v) is 5.53. The number of hydrazone groups is 1. The molecule has 30 heavy (non-hydrogen) atoms. The first kappa shape index (κ1) is 21.8. The monoisotopic (exact) mass is 412 g/mol. The number of anilines is 2. The molecule has 1 fully saturated rings. The molecule has 2 aromatic carbocycles. The molecule has 3 N–H and O–H groups in total. The average Bonchev–Trinajstić information content (AvgIpc) is 2.77. The normalized spacial score (nSPS) is 15.2. The fourth-order valence-corrected chi connectivity index (χ4v) is 3.51. The lowest BCUT2D eigenvalue weighted by Gasteiger charge is -2.33. The van der Waals surface area contributed by atoms with Crippen LogP contribution in [0.3, 0.4) is 0 Å². The lowest BCUT2D eigenvalue weighted by atomic mass is 10.1. The highest BCUT2D eigenvalue weighted by molar-refractivity contribution is 5.99. The van der Waals surface area contributed by atoms with Crippen LogP contribution >= 0.6 is 0 Å². The van der Waals surface area contributed by atoms with Crippen molar-refractivity contribution >= 4 is 23.0 Å². The molecule has 0 aromatic heterocycles. The number of amides is 1. The fraction of sp³-hybridized carbons (Fsp3) is 0.391. The van der Waals surface area contributed by atoms with Crippen LogP contribution in [0.25, 0.3) is 0 Å². The zero-order valence-electron chi connectivity index (χ0n) is 18.0. The number of nitrogens with one attached hydrogen (secondary N) is 3. The highest BCUT2D eigenvalue weighted by Crippen LogP contribution is 2.21. The molecule has 0 atom stereocenters. The van der Waals surface area contributed by atoms with E-state index < -0.39 is 0 Å². The number of nitrogens with zero attached hydrogens (tertiary/aromatic N) is 2. The molecular weight excluding hydrogens is 381 g/mol. The molecule has 1 amide bonds. The van der Waals surface area contributed by atoms with E-state index in [4.69, 9.17) is 0 Å². The molecule has 0 unspecified atom stereocenters. The van der Waals surface area contributed by atoms with E-state index in [2.05, 4.69) is 27.7 Å². The maximum Gasteiger partial charge on any atom is 0.259 e. The van der Waals surface area contributed by atoms with Crippen LogP contribution in [-0.4, -0.2) is 50.9 Å². The lowest BCUT2D eigenvalue weighted by Crippen LogP contribution is -3.14. The second-order valence-corrected chi connectivity index (χ2v) is 7.71.